The molecule has 1 atom stereocenters. The van der Waals surface area contributed by atoms with Crippen molar-refractivity contribution in [2.24, 2.45) is 5.73 Å². The van der Waals surface area contributed by atoms with Gasteiger partial charge in [-0.15, -0.1) is 0 Å². The summed E-state index contributed by atoms with van der Waals surface area (Å²) in [6.45, 7) is 4.86. The van der Waals surface area contributed by atoms with Gasteiger partial charge in [-0.25, -0.2) is 4.98 Å². The van der Waals surface area contributed by atoms with Gasteiger partial charge in [0.25, 0.3) is 5.91 Å². The molecule has 4 heterocycles. The first kappa shape index (κ1) is 25.6. The van der Waals surface area contributed by atoms with Crippen molar-refractivity contribution in [3.63, 3.8) is 0 Å². The van der Waals surface area contributed by atoms with Crippen molar-refractivity contribution in [3.05, 3.63) is 71.3 Å². The van der Waals surface area contributed by atoms with E-state index in [0.717, 1.165) is 11.3 Å². The molecule has 5 rings (SSSR count). The second-order valence-electron chi connectivity index (χ2n) is 9.12. The number of primary amides is 1. The third kappa shape index (κ3) is 5.35. The van der Waals surface area contributed by atoms with Gasteiger partial charge >= 0.3 is 0 Å². The van der Waals surface area contributed by atoms with E-state index in [1.165, 1.54) is 6.08 Å². The molecule has 4 N–H and O–H groups in total. The van der Waals surface area contributed by atoms with Crippen LogP contribution in [0.25, 0.3) is 17.1 Å². The summed E-state index contributed by atoms with van der Waals surface area (Å²) in [6, 6.07) is 8.26. The van der Waals surface area contributed by atoms with Crippen molar-refractivity contribution in [1.29, 1.82) is 0 Å². The normalized spacial score (nSPS) is 14.4. The summed E-state index contributed by atoms with van der Waals surface area (Å²) in [5.74, 6) is -0.461. The number of ether oxygens (including phenoxy) is 1. The summed E-state index contributed by atoms with van der Waals surface area (Å²) in [4.78, 5) is 46.1. The molecule has 0 unspecified atom stereocenters. The van der Waals surface area contributed by atoms with Gasteiger partial charge in [0, 0.05) is 37.1 Å². The van der Waals surface area contributed by atoms with Gasteiger partial charge in [-0.1, -0.05) is 6.07 Å². The number of rotatable bonds is 9. The van der Waals surface area contributed by atoms with E-state index in [1.54, 1.807) is 47.4 Å². The number of imidazole rings is 1. The Hall–Kier alpha value is -5.00. The zero-order chi connectivity index (χ0) is 27.5. The highest BCUT2D eigenvalue weighted by Crippen LogP contribution is 2.38. The maximum absolute atomic E-state index is 13.2. The Balaban J connectivity index is 1.39. The lowest BCUT2D eigenvalue weighted by molar-refractivity contribution is -0.116. The lowest BCUT2D eigenvalue weighted by atomic mass is 10.1. The number of anilines is 1. The maximum atomic E-state index is 13.2. The smallest absolute Gasteiger partial charge is 0.276 e. The summed E-state index contributed by atoms with van der Waals surface area (Å²) < 4.78 is 9.48. The summed E-state index contributed by atoms with van der Waals surface area (Å²) in [7, 11) is 0. The second-order valence-corrected chi connectivity index (χ2v) is 9.12. The van der Waals surface area contributed by atoms with Crippen molar-refractivity contribution < 1.29 is 19.1 Å². The van der Waals surface area contributed by atoms with Crippen molar-refractivity contribution in [3.8, 4) is 5.75 Å². The molecule has 1 aliphatic heterocycles. The van der Waals surface area contributed by atoms with Crippen molar-refractivity contribution in [2.45, 2.75) is 32.9 Å². The van der Waals surface area contributed by atoms with Crippen LogP contribution in [0.4, 0.5) is 5.95 Å². The second kappa shape index (κ2) is 10.8. The summed E-state index contributed by atoms with van der Waals surface area (Å²) in [5, 5.41) is 10.1. The van der Waals surface area contributed by atoms with Gasteiger partial charge in [0.05, 0.1) is 17.3 Å². The van der Waals surface area contributed by atoms with Crippen LogP contribution in [0.5, 0.6) is 5.75 Å². The number of nitrogens with zero attached hydrogens (tertiary/aromatic N) is 5. The highest BCUT2D eigenvalue weighted by Gasteiger charge is 2.29. The molecule has 3 amide bonds. The molecule has 0 fully saturated rings. The van der Waals surface area contributed by atoms with Crippen LogP contribution in [0.1, 0.15) is 51.5 Å². The number of aryl methyl sites for hydroxylation is 2. The number of amides is 3. The highest BCUT2D eigenvalue weighted by atomic mass is 16.5. The van der Waals surface area contributed by atoms with Crippen molar-refractivity contribution in [2.75, 3.05) is 18.5 Å². The summed E-state index contributed by atoms with van der Waals surface area (Å²) >= 11 is 0. The van der Waals surface area contributed by atoms with Crippen LogP contribution in [0.2, 0.25) is 0 Å². The molecule has 3 aromatic heterocycles. The van der Waals surface area contributed by atoms with Crippen molar-refractivity contribution in [1.82, 2.24) is 29.6 Å². The first-order valence-electron chi connectivity index (χ1n) is 12.5. The Labute approximate surface area is 223 Å². The van der Waals surface area contributed by atoms with E-state index in [9.17, 15) is 14.4 Å². The minimum atomic E-state index is -0.608. The van der Waals surface area contributed by atoms with Crippen LogP contribution < -0.4 is 21.1 Å². The van der Waals surface area contributed by atoms with Gasteiger partial charge in [0.1, 0.15) is 23.6 Å². The lowest BCUT2D eigenvalue weighted by Crippen LogP contribution is -2.30. The van der Waals surface area contributed by atoms with E-state index in [4.69, 9.17) is 10.5 Å². The predicted molar refractivity (Wildman–Crippen MR) is 144 cm³/mol. The van der Waals surface area contributed by atoms with E-state index < -0.39 is 5.91 Å². The van der Waals surface area contributed by atoms with E-state index in [-0.39, 0.29) is 30.0 Å². The third-order valence-electron chi connectivity index (χ3n) is 6.38. The molecule has 0 saturated carbocycles. The number of aromatic nitrogens is 5. The van der Waals surface area contributed by atoms with E-state index in [1.807, 2.05) is 24.5 Å². The first-order chi connectivity index (χ1) is 18.8. The SMILES string of the molecule is CCn1nc(C)cc1C(=O)Nc1nc2cc(C(N)=O)cc3c2n1[C@@H](CCNC(=O)/C=C/c1cccnc1)CO3. The average molecular weight is 529 g/mol. The molecular formula is C27H28N8O4. The fraction of sp³-hybridized carbons (Fsp3) is 0.259. The number of hydrogen-bond donors (Lipinski definition) is 3. The topological polar surface area (TPSA) is 159 Å². The number of pyridine rings is 1. The maximum Gasteiger partial charge on any atom is 0.276 e. The molecule has 0 spiro atoms. The van der Waals surface area contributed by atoms with Crippen LogP contribution in [0.15, 0.2) is 48.8 Å². The molecule has 0 bridgehead atoms. The standard InChI is InChI=1S/C27H28N8O4/c1-3-34-21(11-16(2)33-34)26(38)32-27-31-20-12-18(25(28)37)13-22-24(20)35(27)19(15-39-22)8-10-30-23(36)7-6-17-5-4-9-29-14-17/h4-7,9,11-14,19H,3,8,10,15H2,1-2H3,(H2,28,37)(H,30,36)(H,31,32,38)/b7-6+/t19-/m0/s1. The number of carbonyl (C=O) groups excluding carboxylic acids is 3. The largest absolute Gasteiger partial charge is 0.489 e. The monoisotopic (exact) mass is 528 g/mol. The fourth-order valence-corrected chi connectivity index (χ4v) is 4.57. The van der Waals surface area contributed by atoms with Crippen LogP contribution >= 0.6 is 0 Å². The van der Waals surface area contributed by atoms with Gasteiger partial charge in [0.15, 0.2) is 0 Å². The molecule has 39 heavy (non-hydrogen) atoms. The fourth-order valence-electron chi connectivity index (χ4n) is 4.57. The zero-order valence-corrected chi connectivity index (χ0v) is 21.5. The molecule has 200 valence electrons. The molecule has 1 aromatic carbocycles. The number of nitrogens with one attached hydrogen (secondary N) is 2. The Morgan fingerprint density at radius 1 is 1.26 bits per heavy atom. The molecule has 0 radical (unpaired) electrons. The molecule has 12 heteroatoms. The van der Waals surface area contributed by atoms with Gasteiger partial charge in [-0.2, -0.15) is 5.10 Å². The molecule has 0 saturated heterocycles. The van der Waals surface area contributed by atoms with E-state index in [2.05, 4.69) is 25.7 Å². The zero-order valence-electron chi connectivity index (χ0n) is 21.5. The average Bonchev–Trinajstić information content (AvgIpc) is 3.50. The third-order valence-corrected chi connectivity index (χ3v) is 6.38. The molecule has 12 nitrogen and oxygen atoms in total. The van der Waals surface area contributed by atoms with Gasteiger partial charge in [0.2, 0.25) is 17.8 Å². The first-order valence-corrected chi connectivity index (χ1v) is 12.5. The molecule has 4 aromatic rings. The van der Waals surface area contributed by atoms with Crippen LogP contribution in [0.3, 0.4) is 0 Å². The number of carbonyl (C=O) groups is 3. The van der Waals surface area contributed by atoms with E-state index >= 15 is 0 Å². The number of nitrogens with two attached hydrogens (primary N) is 1. The quantitative estimate of drug-likeness (QED) is 0.281. The van der Waals surface area contributed by atoms with Gasteiger partial charge < -0.3 is 20.4 Å². The number of hydrogen-bond acceptors (Lipinski definition) is 7. The number of benzene rings is 1. The highest BCUT2D eigenvalue weighted by molar-refractivity contribution is 6.04. The Bertz CT molecular complexity index is 1590. The molecule has 0 aliphatic carbocycles. The minimum Gasteiger partial charge on any atom is -0.489 e. The van der Waals surface area contributed by atoms with Crippen LogP contribution in [0, 0.1) is 6.92 Å². The predicted octanol–water partition coefficient (Wildman–Crippen LogP) is 2.46. The van der Waals surface area contributed by atoms with Gasteiger partial charge in [-0.3, -0.25) is 29.4 Å². The molecule has 1 aliphatic rings. The molecular weight excluding hydrogens is 500 g/mol. The van der Waals surface area contributed by atoms with E-state index in [0.29, 0.717) is 47.9 Å². The van der Waals surface area contributed by atoms with Crippen molar-refractivity contribution >= 4 is 40.8 Å². The Kier molecular flexibility index (Phi) is 7.08. The Morgan fingerprint density at radius 3 is 2.85 bits per heavy atom. The van der Waals surface area contributed by atoms with Crippen LogP contribution in [-0.4, -0.2) is 55.2 Å². The summed E-state index contributed by atoms with van der Waals surface area (Å²) in [5.41, 5.74) is 8.81. The van der Waals surface area contributed by atoms with Gasteiger partial charge in [-0.05, 0) is 56.2 Å². The van der Waals surface area contributed by atoms with Crippen LogP contribution in [-0.2, 0) is 11.3 Å². The Morgan fingerprint density at radius 2 is 2.10 bits per heavy atom. The lowest BCUT2D eigenvalue weighted by Gasteiger charge is -2.27. The summed E-state index contributed by atoms with van der Waals surface area (Å²) in [6.07, 6.45) is 6.98. The minimum absolute atomic E-state index is 0.241.